The number of anilines is 1. The summed E-state index contributed by atoms with van der Waals surface area (Å²) in [6.07, 6.45) is 1.45. The monoisotopic (exact) mass is 477 g/mol. The van der Waals surface area contributed by atoms with Crippen LogP contribution in [0.2, 0.25) is 0 Å². The van der Waals surface area contributed by atoms with E-state index >= 15 is 0 Å². The molecule has 0 radical (unpaired) electrons. The van der Waals surface area contributed by atoms with E-state index in [2.05, 4.69) is 21.2 Å². The molecule has 0 aliphatic heterocycles. The van der Waals surface area contributed by atoms with Crippen molar-refractivity contribution in [2.24, 2.45) is 0 Å². The average molecular weight is 478 g/mol. The zero-order valence-electron chi connectivity index (χ0n) is 16.1. The Kier molecular flexibility index (Phi) is 7.14. The summed E-state index contributed by atoms with van der Waals surface area (Å²) < 4.78 is 6.60. The molecule has 1 N–H and O–H groups in total. The predicted octanol–water partition coefficient (Wildman–Crippen LogP) is 5.48. The number of nitriles is 1. The number of non-ortho nitro benzene ring substituents is 1. The van der Waals surface area contributed by atoms with Crippen molar-refractivity contribution in [2.75, 3.05) is 5.32 Å². The standard InChI is InChI=1S/C23H16BrN3O4/c24-19-8-11-22(31-15-16-6-9-21(10-7-16)27(29)30)17(13-19)12-18(14-25)23(28)26-20-4-2-1-3-5-20/h1-13H,15H2,(H,26,28)/b18-12+. The van der Waals surface area contributed by atoms with Crippen LogP contribution in [0.15, 0.2) is 82.8 Å². The van der Waals surface area contributed by atoms with Crippen LogP contribution < -0.4 is 10.1 Å². The zero-order chi connectivity index (χ0) is 22.2. The van der Waals surface area contributed by atoms with Gasteiger partial charge in [-0.3, -0.25) is 14.9 Å². The number of amides is 1. The topological polar surface area (TPSA) is 105 Å². The van der Waals surface area contributed by atoms with Crippen LogP contribution in [0.3, 0.4) is 0 Å². The highest BCUT2D eigenvalue weighted by atomic mass is 79.9. The Morgan fingerprint density at radius 3 is 2.48 bits per heavy atom. The SMILES string of the molecule is N#C/C(=C\c1cc(Br)ccc1OCc1ccc([N+](=O)[O-])cc1)C(=O)Nc1ccccc1. The van der Waals surface area contributed by atoms with E-state index in [1.807, 2.05) is 12.1 Å². The van der Waals surface area contributed by atoms with Gasteiger partial charge in [0.05, 0.1) is 4.92 Å². The van der Waals surface area contributed by atoms with E-state index in [9.17, 15) is 20.2 Å². The highest BCUT2D eigenvalue weighted by molar-refractivity contribution is 9.10. The van der Waals surface area contributed by atoms with Gasteiger partial charge in [0.1, 0.15) is 24.0 Å². The number of nitro groups is 1. The third-order valence-corrected chi connectivity index (χ3v) is 4.70. The number of ether oxygens (including phenoxy) is 1. The molecule has 3 aromatic rings. The first-order chi connectivity index (χ1) is 15.0. The first-order valence-corrected chi connectivity index (χ1v) is 9.89. The summed E-state index contributed by atoms with van der Waals surface area (Å²) in [6.45, 7) is 0.165. The molecule has 0 saturated carbocycles. The molecule has 0 fully saturated rings. The highest BCUT2D eigenvalue weighted by Gasteiger charge is 2.12. The van der Waals surface area contributed by atoms with Gasteiger partial charge in [0.15, 0.2) is 0 Å². The second kappa shape index (κ2) is 10.2. The number of hydrogen-bond donors (Lipinski definition) is 1. The van der Waals surface area contributed by atoms with Gasteiger partial charge in [-0.15, -0.1) is 0 Å². The van der Waals surface area contributed by atoms with Crippen molar-refractivity contribution in [3.8, 4) is 11.8 Å². The van der Waals surface area contributed by atoms with Crippen molar-refractivity contribution in [1.29, 1.82) is 5.26 Å². The molecule has 3 aromatic carbocycles. The van der Waals surface area contributed by atoms with Gasteiger partial charge in [0, 0.05) is 27.9 Å². The molecule has 154 valence electrons. The van der Waals surface area contributed by atoms with Crippen LogP contribution in [-0.4, -0.2) is 10.8 Å². The van der Waals surface area contributed by atoms with E-state index in [-0.39, 0.29) is 17.9 Å². The number of carbonyl (C=O) groups excluding carboxylic acids is 1. The molecule has 31 heavy (non-hydrogen) atoms. The van der Waals surface area contributed by atoms with Gasteiger partial charge < -0.3 is 10.1 Å². The van der Waals surface area contributed by atoms with Crippen molar-refractivity contribution in [1.82, 2.24) is 0 Å². The number of nitrogens with zero attached hydrogens (tertiary/aromatic N) is 2. The molecule has 0 aliphatic rings. The molecule has 0 aliphatic carbocycles. The molecule has 0 heterocycles. The molecule has 0 spiro atoms. The molecule has 7 nitrogen and oxygen atoms in total. The summed E-state index contributed by atoms with van der Waals surface area (Å²) in [4.78, 5) is 22.8. The van der Waals surface area contributed by atoms with E-state index in [1.165, 1.54) is 18.2 Å². The molecular formula is C23H16BrN3O4. The number of para-hydroxylation sites is 1. The van der Waals surface area contributed by atoms with E-state index < -0.39 is 10.8 Å². The minimum Gasteiger partial charge on any atom is -0.488 e. The summed E-state index contributed by atoms with van der Waals surface area (Å²) in [5.74, 6) is -0.0724. The lowest BCUT2D eigenvalue weighted by atomic mass is 10.1. The van der Waals surface area contributed by atoms with Gasteiger partial charge in [0.2, 0.25) is 0 Å². The van der Waals surface area contributed by atoms with Crippen molar-refractivity contribution in [3.63, 3.8) is 0 Å². The summed E-state index contributed by atoms with van der Waals surface area (Å²) in [5, 5.41) is 22.9. The fourth-order valence-electron chi connectivity index (χ4n) is 2.66. The van der Waals surface area contributed by atoms with Crippen molar-refractivity contribution in [2.45, 2.75) is 6.61 Å². The largest absolute Gasteiger partial charge is 0.488 e. The van der Waals surface area contributed by atoms with E-state index in [0.717, 1.165) is 10.0 Å². The van der Waals surface area contributed by atoms with E-state index in [0.29, 0.717) is 17.0 Å². The van der Waals surface area contributed by atoms with Crippen molar-refractivity contribution in [3.05, 3.63) is 104 Å². The smallest absolute Gasteiger partial charge is 0.269 e. The first kappa shape index (κ1) is 21.7. The van der Waals surface area contributed by atoms with Crippen molar-refractivity contribution >= 4 is 39.3 Å². The predicted molar refractivity (Wildman–Crippen MR) is 120 cm³/mol. The second-order valence-corrected chi connectivity index (χ2v) is 7.30. The summed E-state index contributed by atoms with van der Waals surface area (Å²) in [7, 11) is 0. The Bertz CT molecular complexity index is 1170. The molecule has 3 rings (SSSR count). The Balaban J connectivity index is 1.80. The molecule has 0 atom stereocenters. The summed E-state index contributed by atoms with van der Waals surface area (Å²) in [5.41, 5.74) is 1.78. The quantitative estimate of drug-likeness (QED) is 0.210. The fraction of sp³-hybridized carbons (Fsp3) is 0.0435. The molecule has 0 bridgehead atoms. The molecule has 0 aromatic heterocycles. The van der Waals surface area contributed by atoms with E-state index in [1.54, 1.807) is 54.6 Å². The number of carbonyl (C=O) groups is 1. The normalized spacial score (nSPS) is 10.8. The maximum atomic E-state index is 12.5. The fourth-order valence-corrected chi connectivity index (χ4v) is 3.04. The van der Waals surface area contributed by atoms with Crippen LogP contribution in [0.25, 0.3) is 6.08 Å². The van der Waals surface area contributed by atoms with Gasteiger partial charge in [-0.1, -0.05) is 34.1 Å². The maximum absolute atomic E-state index is 12.5. The minimum atomic E-state index is -0.532. The Morgan fingerprint density at radius 2 is 1.84 bits per heavy atom. The molecule has 0 saturated heterocycles. The third kappa shape index (κ3) is 6.01. The summed E-state index contributed by atoms with van der Waals surface area (Å²) in [6, 6.07) is 22.0. The van der Waals surface area contributed by atoms with Gasteiger partial charge in [0.25, 0.3) is 11.6 Å². The molecular weight excluding hydrogens is 462 g/mol. The lowest BCUT2D eigenvalue weighted by Gasteiger charge is -2.11. The lowest BCUT2D eigenvalue weighted by molar-refractivity contribution is -0.384. The number of benzene rings is 3. The Hall–Kier alpha value is -3.96. The minimum absolute atomic E-state index is 0.000829. The number of hydrogen-bond acceptors (Lipinski definition) is 5. The van der Waals surface area contributed by atoms with Crippen LogP contribution in [-0.2, 0) is 11.4 Å². The number of nitrogens with one attached hydrogen (secondary N) is 1. The third-order valence-electron chi connectivity index (χ3n) is 4.21. The van der Waals surface area contributed by atoms with Crippen molar-refractivity contribution < 1.29 is 14.5 Å². The van der Waals surface area contributed by atoms with Crippen LogP contribution in [0.1, 0.15) is 11.1 Å². The lowest BCUT2D eigenvalue weighted by Crippen LogP contribution is -2.13. The number of nitro benzene ring substituents is 1. The zero-order valence-corrected chi connectivity index (χ0v) is 17.7. The number of halogens is 1. The van der Waals surface area contributed by atoms with Crippen LogP contribution >= 0.6 is 15.9 Å². The van der Waals surface area contributed by atoms with Crippen LogP contribution in [0, 0.1) is 21.4 Å². The second-order valence-electron chi connectivity index (χ2n) is 6.38. The number of rotatable bonds is 7. The van der Waals surface area contributed by atoms with Crippen LogP contribution in [0.4, 0.5) is 11.4 Å². The Labute approximate surface area is 186 Å². The summed E-state index contributed by atoms with van der Waals surface area (Å²) >= 11 is 3.38. The van der Waals surface area contributed by atoms with Gasteiger partial charge in [-0.05, 0) is 54.1 Å². The van der Waals surface area contributed by atoms with Gasteiger partial charge in [-0.25, -0.2) is 0 Å². The van der Waals surface area contributed by atoms with Crippen LogP contribution in [0.5, 0.6) is 5.75 Å². The molecule has 8 heteroatoms. The first-order valence-electron chi connectivity index (χ1n) is 9.10. The molecule has 0 unspecified atom stereocenters. The highest BCUT2D eigenvalue weighted by Crippen LogP contribution is 2.27. The molecule has 1 amide bonds. The van der Waals surface area contributed by atoms with Gasteiger partial charge in [-0.2, -0.15) is 5.26 Å². The van der Waals surface area contributed by atoms with E-state index in [4.69, 9.17) is 4.74 Å². The van der Waals surface area contributed by atoms with Gasteiger partial charge >= 0.3 is 0 Å². The Morgan fingerprint density at radius 1 is 1.13 bits per heavy atom. The maximum Gasteiger partial charge on any atom is 0.269 e. The average Bonchev–Trinajstić information content (AvgIpc) is 2.77.